The molecule has 0 unspecified atom stereocenters. The third-order valence-electron chi connectivity index (χ3n) is 3.62. The van der Waals surface area contributed by atoms with E-state index in [4.69, 9.17) is 27.9 Å². The number of hydrogen-bond acceptors (Lipinski definition) is 5. The predicted molar refractivity (Wildman–Crippen MR) is 84.5 cm³/mol. The molecule has 2 heterocycles. The topological polar surface area (TPSA) is 81.5 Å². The van der Waals surface area contributed by atoms with Crippen LogP contribution in [0.25, 0.3) is 0 Å². The molecule has 2 rings (SSSR count). The molecule has 126 valence electrons. The largest absolute Gasteiger partial charge is 0.466 e. The lowest BCUT2D eigenvalue weighted by molar-refractivity contribution is -0.151. The van der Waals surface area contributed by atoms with Crippen LogP contribution in [0.2, 0.25) is 10.0 Å². The molecule has 1 aliphatic heterocycles. The van der Waals surface area contributed by atoms with E-state index in [0.29, 0.717) is 26.0 Å². The molecular formula is C14H17Cl2N3O4. The van der Waals surface area contributed by atoms with E-state index in [0.717, 1.165) is 4.68 Å². The zero-order chi connectivity index (χ0) is 17.0. The summed E-state index contributed by atoms with van der Waals surface area (Å²) >= 11 is 11.5. The van der Waals surface area contributed by atoms with Gasteiger partial charge in [-0.2, -0.15) is 5.10 Å². The first-order valence-corrected chi connectivity index (χ1v) is 8.05. The number of esters is 1. The molecule has 9 heteroatoms. The Morgan fingerprint density at radius 2 is 2.17 bits per heavy atom. The molecule has 0 aliphatic carbocycles. The fraction of sp³-hybridized carbons (Fsp3) is 0.571. The van der Waals surface area contributed by atoms with E-state index in [-0.39, 0.29) is 40.9 Å². The molecule has 1 saturated heterocycles. The van der Waals surface area contributed by atoms with E-state index >= 15 is 0 Å². The number of hydrogen-bond donors (Lipinski definition) is 0. The van der Waals surface area contributed by atoms with Crippen LogP contribution in [-0.2, 0) is 20.9 Å². The number of amides is 1. The van der Waals surface area contributed by atoms with Gasteiger partial charge in [0.2, 0.25) is 5.91 Å². The number of piperidine rings is 1. The molecule has 1 fully saturated rings. The number of rotatable bonds is 4. The van der Waals surface area contributed by atoms with Crippen LogP contribution in [0.15, 0.2) is 11.0 Å². The standard InChI is InChI=1S/C14H17Cl2N3O4/c1-2-23-14(22)9-4-3-5-18(7-9)11(20)8-19-13(21)12(16)10(15)6-17-19/h6,9H,2-5,7-8H2,1H3/t9-/m0/s1. The first-order chi connectivity index (χ1) is 10.9. The van der Waals surface area contributed by atoms with E-state index in [1.54, 1.807) is 11.8 Å². The van der Waals surface area contributed by atoms with Crippen molar-refractivity contribution in [1.82, 2.24) is 14.7 Å². The minimum Gasteiger partial charge on any atom is -0.466 e. The van der Waals surface area contributed by atoms with Gasteiger partial charge in [-0.1, -0.05) is 23.2 Å². The van der Waals surface area contributed by atoms with Crippen molar-refractivity contribution in [2.75, 3.05) is 19.7 Å². The second kappa shape index (κ2) is 7.79. The molecule has 7 nitrogen and oxygen atoms in total. The van der Waals surface area contributed by atoms with Gasteiger partial charge in [0.05, 0.1) is 23.7 Å². The quantitative estimate of drug-likeness (QED) is 0.756. The molecule has 1 aliphatic rings. The highest BCUT2D eigenvalue weighted by Crippen LogP contribution is 2.18. The fourth-order valence-corrected chi connectivity index (χ4v) is 2.71. The van der Waals surface area contributed by atoms with Crippen molar-refractivity contribution in [3.8, 4) is 0 Å². The van der Waals surface area contributed by atoms with Crippen LogP contribution < -0.4 is 5.56 Å². The smallest absolute Gasteiger partial charge is 0.310 e. The van der Waals surface area contributed by atoms with Gasteiger partial charge >= 0.3 is 5.97 Å². The average molecular weight is 362 g/mol. The van der Waals surface area contributed by atoms with Gasteiger partial charge in [-0.3, -0.25) is 14.4 Å². The molecule has 0 saturated carbocycles. The van der Waals surface area contributed by atoms with E-state index in [1.807, 2.05) is 0 Å². The maximum absolute atomic E-state index is 12.3. The Labute approximate surface area is 143 Å². The predicted octanol–water partition coefficient (Wildman–Crippen LogP) is 1.35. The maximum atomic E-state index is 12.3. The van der Waals surface area contributed by atoms with Crippen LogP contribution in [0.4, 0.5) is 0 Å². The fourth-order valence-electron chi connectivity index (χ4n) is 2.44. The molecule has 0 aromatic carbocycles. The van der Waals surface area contributed by atoms with Crippen LogP contribution in [0.5, 0.6) is 0 Å². The lowest BCUT2D eigenvalue weighted by Crippen LogP contribution is -2.45. The van der Waals surface area contributed by atoms with E-state index in [9.17, 15) is 14.4 Å². The lowest BCUT2D eigenvalue weighted by atomic mass is 9.98. The van der Waals surface area contributed by atoms with Gasteiger partial charge < -0.3 is 9.64 Å². The molecule has 0 radical (unpaired) electrons. The molecule has 1 amide bonds. The third-order valence-corrected chi connectivity index (χ3v) is 4.37. The summed E-state index contributed by atoms with van der Waals surface area (Å²) in [5.74, 6) is -0.923. The van der Waals surface area contributed by atoms with Crippen LogP contribution >= 0.6 is 23.2 Å². The summed E-state index contributed by atoms with van der Waals surface area (Å²) in [4.78, 5) is 37.6. The summed E-state index contributed by atoms with van der Waals surface area (Å²) in [6, 6.07) is 0. The van der Waals surface area contributed by atoms with Crippen molar-refractivity contribution in [3.63, 3.8) is 0 Å². The van der Waals surface area contributed by atoms with Crippen molar-refractivity contribution in [3.05, 3.63) is 26.6 Å². The van der Waals surface area contributed by atoms with Gasteiger partial charge in [-0.05, 0) is 19.8 Å². The number of halogens is 2. The minimum absolute atomic E-state index is 0.0423. The van der Waals surface area contributed by atoms with Gasteiger partial charge in [-0.15, -0.1) is 0 Å². The minimum atomic E-state index is -0.619. The lowest BCUT2D eigenvalue weighted by Gasteiger charge is -2.31. The third kappa shape index (κ3) is 4.23. The number of likely N-dealkylation sites (tertiary alicyclic amines) is 1. The highest BCUT2D eigenvalue weighted by atomic mass is 35.5. The molecular weight excluding hydrogens is 345 g/mol. The second-order valence-corrected chi connectivity index (χ2v) is 5.99. The number of nitrogens with zero attached hydrogens (tertiary/aromatic N) is 3. The second-order valence-electron chi connectivity index (χ2n) is 5.20. The van der Waals surface area contributed by atoms with E-state index in [2.05, 4.69) is 5.10 Å². The summed E-state index contributed by atoms with van der Waals surface area (Å²) < 4.78 is 5.96. The Kier molecular flexibility index (Phi) is 6.01. The molecule has 23 heavy (non-hydrogen) atoms. The normalized spacial score (nSPS) is 17.9. The van der Waals surface area contributed by atoms with Gasteiger partial charge in [0.15, 0.2) is 0 Å². The molecule has 1 atom stereocenters. The van der Waals surface area contributed by atoms with Gasteiger partial charge in [0.1, 0.15) is 11.6 Å². The summed E-state index contributed by atoms with van der Waals surface area (Å²) in [7, 11) is 0. The molecule has 0 spiro atoms. The monoisotopic (exact) mass is 361 g/mol. The van der Waals surface area contributed by atoms with Crippen molar-refractivity contribution in [2.45, 2.75) is 26.3 Å². The van der Waals surface area contributed by atoms with Crippen molar-refractivity contribution in [1.29, 1.82) is 0 Å². The summed E-state index contributed by atoms with van der Waals surface area (Å²) in [6.07, 6.45) is 2.61. The first-order valence-electron chi connectivity index (χ1n) is 7.29. The Morgan fingerprint density at radius 3 is 2.87 bits per heavy atom. The number of ether oxygens (including phenoxy) is 1. The SMILES string of the molecule is CCOC(=O)[C@H]1CCCN(C(=O)Cn2ncc(Cl)c(Cl)c2=O)C1. The highest BCUT2D eigenvalue weighted by molar-refractivity contribution is 6.41. The van der Waals surface area contributed by atoms with Gasteiger partial charge in [-0.25, -0.2) is 4.68 Å². The van der Waals surface area contributed by atoms with Crippen molar-refractivity contribution in [2.24, 2.45) is 5.92 Å². The van der Waals surface area contributed by atoms with Crippen molar-refractivity contribution >= 4 is 35.1 Å². The zero-order valence-electron chi connectivity index (χ0n) is 12.6. The number of carbonyl (C=O) groups excluding carboxylic acids is 2. The van der Waals surface area contributed by atoms with Crippen LogP contribution in [-0.4, -0.2) is 46.3 Å². The Hall–Kier alpha value is -1.60. The maximum Gasteiger partial charge on any atom is 0.310 e. The Bertz CT molecular complexity index is 662. The first kappa shape index (κ1) is 17.7. The van der Waals surface area contributed by atoms with E-state index < -0.39 is 5.56 Å². The van der Waals surface area contributed by atoms with Gasteiger partial charge in [0, 0.05) is 13.1 Å². The zero-order valence-corrected chi connectivity index (χ0v) is 14.1. The number of aromatic nitrogens is 2. The summed E-state index contributed by atoms with van der Waals surface area (Å²) in [6.45, 7) is 2.63. The van der Waals surface area contributed by atoms with Crippen LogP contribution in [0, 0.1) is 5.92 Å². The molecule has 0 bridgehead atoms. The average Bonchev–Trinajstić information content (AvgIpc) is 2.55. The van der Waals surface area contributed by atoms with Crippen LogP contribution in [0.3, 0.4) is 0 Å². The Balaban J connectivity index is 2.05. The summed E-state index contributed by atoms with van der Waals surface area (Å²) in [5.41, 5.74) is -0.619. The van der Waals surface area contributed by atoms with Gasteiger partial charge in [0.25, 0.3) is 5.56 Å². The van der Waals surface area contributed by atoms with E-state index in [1.165, 1.54) is 6.20 Å². The molecule has 0 N–H and O–H groups in total. The molecule has 1 aromatic rings. The van der Waals surface area contributed by atoms with Crippen molar-refractivity contribution < 1.29 is 14.3 Å². The Morgan fingerprint density at radius 1 is 1.43 bits per heavy atom. The van der Waals surface area contributed by atoms with Crippen LogP contribution in [0.1, 0.15) is 19.8 Å². The molecule has 1 aromatic heterocycles. The number of carbonyl (C=O) groups is 2. The summed E-state index contributed by atoms with van der Waals surface area (Å²) in [5, 5.41) is 3.68. The highest BCUT2D eigenvalue weighted by Gasteiger charge is 2.29.